The Kier molecular flexibility index (Phi) is 3.74. The molecule has 0 saturated heterocycles. The number of carbonyl (C=O) groups is 2. The van der Waals surface area contributed by atoms with Crippen LogP contribution in [0.15, 0.2) is 5.38 Å². The second-order valence-corrected chi connectivity index (χ2v) is 6.70. The lowest BCUT2D eigenvalue weighted by molar-refractivity contribution is -0.126. The largest absolute Gasteiger partial charge is 0.476 e. The van der Waals surface area contributed by atoms with Gasteiger partial charge in [-0.3, -0.25) is 4.79 Å². The summed E-state index contributed by atoms with van der Waals surface area (Å²) in [7, 11) is 0. The fourth-order valence-electron chi connectivity index (χ4n) is 3.51. The molecule has 2 aliphatic rings. The molecule has 2 aliphatic carbocycles. The summed E-state index contributed by atoms with van der Waals surface area (Å²) in [4.78, 5) is 26.8. The Bertz CT molecular complexity index is 528. The predicted octanol–water partition coefficient (Wildman–Crippen LogP) is 1.94. The van der Waals surface area contributed by atoms with Crippen molar-refractivity contribution >= 4 is 23.2 Å². The maximum absolute atomic E-state index is 12.1. The van der Waals surface area contributed by atoms with Crippen LogP contribution in [-0.2, 0) is 11.2 Å². The molecule has 1 aromatic heterocycles. The van der Waals surface area contributed by atoms with E-state index in [2.05, 4.69) is 10.3 Å². The van der Waals surface area contributed by atoms with E-state index >= 15 is 0 Å². The summed E-state index contributed by atoms with van der Waals surface area (Å²) in [5.41, 5.74) is 0.0874. The second-order valence-electron chi connectivity index (χ2n) is 5.75. The molecule has 0 radical (unpaired) electrons. The number of hydrogen-bond acceptors (Lipinski definition) is 4. The zero-order valence-corrected chi connectivity index (χ0v) is 12.0. The lowest BCUT2D eigenvalue weighted by atomic mass is 9.88. The van der Waals surface area contributed by atoms with E-state index in [0.717, 1.165) is 17.3 Å². The number of carbonyl (C=O) groups excluding carboxylic acids is 1. The summed E-state index contributed by atoms with van der Waals surface area (Å²) in [6.45, 7) is 0.541. The molecule has 1 amide bonds. The first-order valence-corrected chi connectivity index (χ1v) is 7.97. The summed E-state index contributed by atoms with van der Waals surface area (Å²) in [6.07, 6.45) is 5.39. The van der Waals surface area contributed by atoms with Gasteiger partial charge in [-0.1, -0.05) is 6.42 Å². The number of thiazole rings is 1. The molecule has 2 N–H and O–H groups in total. The number of hydrogen-bond donors (Lipinski definition) is 2. The third-order valence-electron chi connectivity index (χ3n) is 4.48. The first-order valence-electron chi connectivity index (χ1n) is 7.09. The molecule has 0 aliphatic heterocycles. The van der Waals surface area contributed by atoms with Crippen molar-refractivity contribution in [3.8, 4) is 0 Å². The highest BCUT2D eigenvalue weighted by Crippen LogP contribution is 2.48. The maximum atomic E-state index is 12.1. The lowest BCUT2D eigenvalue weighted by Crippen LogP contribution is -2.34. The van der Waals surface area contributed by atoms with Crippen molar-refractivity contribution in [3.63, 3.8) is 0 Å². The van der Waals surface area contributed by atoms with E-state index in [1.54, 1.807) is 0 Å². The molecule has 108 valence electrons. The smallest absolute Gasteiger partial charge is 0.355 e. The fourth-order valence-corrected chi connectivity index (χ4v) is 4.29. The van der Waals surface area contributed by atoms with Crippen LogP contribution >= 0.6 is 11.3 Å². The van der Waals surface area contributed by atoms with Crippen LogP contribution in [0, 0.1) is 17.8 Å². The molecule has 0 aromatic carbocycles. The van der Waals surface area contributed by atoms with Gasteiger partial charge in [0.15, 0.2) is 5.69 Å². The summed E-state index contributed by atoms with van der Waals surface area (Å²) in [5.74, 6) is 0.747. The SMILES string of the molecule is O=C(O)c1csc(CCNC(=O)C2CC3CCC2C3)n1. The molecule has 2 fully saturated rings. The molecule has 5 nitrogen and oxygen atoms in total. The molecular weight excluding hydrogens is 276 g/mol. The number of carboxylic acids is 1. The van der Waals surface area contributed by atoms with Gasteiger partial charge in [0.25, 0.3) is 0 Å². The maximum Gasteiger partial charge on any atom is 0.355 e. The van der Waals surface area contributed by atoms with Crippen molar-refractivity contribution in [3.05, 3.63) is 16.1 Å². The third-order valence-corrected chi connectivity index (χ3v) is 5.39. The molecule has 3 unspecified atom stereocenters. The van der Waals surface area contributed by atoms with E-state index in [-0.39, 0.29) is 17.5 Å². The van der Waals surface area contributed by atoms with E-state index in [1.807, 2.05) is 0 Å². The predicted molar refractivity (Wildman–Crippen MR) is 74.7 cm³/mol. The average molecular weight is 294 g/mol. The molecule has 2 saturated carbocycles. The lowest BCUT2D eigenvalue weighted by Gasteiger charge is -2.20. The topological polar surface area (TPSA) is 79.3 Å². The first kappa shape index (κ1) is 13.5. The number of aromatic nitrogens is 1. The molecule has 3 atom stereocenters. The van der Waals surface area contributed by atoms with Crippen molar-refractivity contribution in [1.29, 1.82) is 0 Å². The molecule has 1 heterocycles. The van der Waals surface area contributed by atoms with Gasteiger partial charge in [-0.05, 0) is 31.1 Å². The Balaban J connectivity index is 1.45. The van der Waals surface area contributed by atoms with Crippen molar-refractivity contribution in [2.45, 2.75) is 32.1 Å². The van der Waals surface area contributed by atoms with Crippen molar-refractivity contribution in [2.24, 2.45) is 17.8 Å². The van der Waals surface area contributed by atoms with E-state index in [1.165, 1.54) is 36.0 Å². The summed E-state index contributed by atoms with van der Waals surface area (Å²) < 4.78 is 0. The number of rotatable bonds is 5. The van der Waals surface area contributed by atoms with Crippen LogP contribution in [0.3, 0.4) is 0 Å². The Morgan fingerprint density at radius 3 is 2.85 bits per heavy atom. The van der Waals surface area contributed by atoms with E-state index in [4.69, 9.17) is 5.11 Å². The van der Waals surface area contributed by atoms with Crippen molar-refractivity contribution < 1.29 is 14.7 Å². The monoisotopic (exact) mass is 294 g/mol. The molecule has 3 rings (SSSR count). The highest BCUT2D eigenvalue weighted by molar-refractivity contribution is 7.09. The van der Waals surface area contributed by atoms with Gasteiger partial charge >= 0.3 is 5.97 Å². The van der Waals surface area contributed by atoms with E-state index in [0.29, 0.717) is 18.9 Å². The van der Waals surface area contributed by atoms with Gasteiger partial charge in [0, 0.05) is 24.3 Å². The summed E-state index contributed by atoms with van der Waals surface area (Å²) in [6, 6.07) is 0. The minimum Gasteiger partial charge on any atom is -0.476 e. The van der Waals surface area contributed by atoms with Gasteiger partial charge in [0.1, 0.15) is 0 Å². The molecule has 0 spiro atoms. The van der Waals surface area contributed by atoms with Crippen LogP contribution in [-0.4, -0.2) is 28.5 Å². The van der Waals surface area contributed by atoms with Crippen LogP contribution in [0.5, 0.6) is 0 Å². The quantitative estimate of drug-likeness (QED) is 0.869. The van der Waals surface area contributed by atoms with Crippen molar-refractivity contribution in [2.75, 3.05) is 6.54 Å². The highest BCUT2D eigenvalue weighted by atomic mass is 32.1. The minimum atomic E-state index is -1.00. The van der Waals surface area contributed by atoms with Crippen LogP contribution in [0.1, 0.15) is 41.2 Å². The average Bonchev–Trinajstić information content (AvgIpc) is 3.14. The number of amides is 1. The highest BCUT2D eigenvalue weighted by Gasteiger charge is 2.42. The number of nitrogens with zero attached hydrogens (tertiary/aromatic N) is 1. The van der Waals surface area contributed by atoms with Gasteiger partial charge in [-0.25, -0.2) is 9.78 Å². The molecule has 6 heteroatoms. The number of nitrogens with one attached hydrogen (secondary N) is 1. The Morgan fingerprint density at radius 2 is 2.25 bits per heavy atom. The molecule has 2 bridgehead atoms. The van der Waals surface area contributed by atoms with Gasteiger partial charge in [-0.15, -0.1) is 11.3 Å². The van der Waals surface area contributed by atoms with Crippen LogP contribution in [0.2, 0.25) is 0 Å². The van der Waals surface area contributed by atoms with Gasteiger partial charge in [-0.2, -0.15) is 0 Å². The minimum absolute atomic E-state index is 0.0874. The standard InChI is InChI=1S/C14H18N2O3S/c17-13(10-6-8-1-2-9(10)5-8)15-4-3-12-16-11(7-20-12)14(18)19/h7-10H,1-6H2,(H,15,17)(H,18,19). The Hall–Kier alpha value is -1.43. The number of carboxylic acid groups (broad SMARTS) is 1. The summed E-state index contributed by atoms with van der Waals surface area (Å²) in [5, 5.41) is 14.1. The van der Waals surface area contributed by atoms with E-state index < -0.39 is 5.97 Å². The van der Waals surface area contributed by atoms with Crippen LogP contribution in [0.4, 0.5) is 0 Å². The summed E-state index contributed by atoms with van der Waals surface area (Å²) >= 11 is 1.33. The number of fused-ring (bicyclic) bond motifs is 2. The van der Waals surface area contributed by atoms with Gasteiger partial charge < -0.3 is 10.4 Å². The van der Waals surface area contributed by atoms with Gasteiger partial charge in [0.05, 0.1) is 5.01 Å². The fraction of sp³-hybridized carbons (Fsp3) is 0.643. The molecular formula is C14H18N2O3S. The molecule has 1 aromatic rings. The zero-order chi connectivity index (χ0) is 14.1. The molecule has 20 heavy (non-hydrogen) atoms. The Labute approximate surface area is 121 Å². The van der Waals surface area contributed by atoms with Crippen LogP contribution < -0.4 is 5.32 Å². The Morgan fingerprint density at radius 1 is 1.40 bits per heavy atom. The second kappa shape index (κ2) is 5.52. The normalized spacial score (nSPS) is 27.7. The van der Waals surface area contributed by atoms with E-state index in [9.17, 15) is 9.59 Å². The number of aromatic carboxylic acids is 1. The van der Waals surface area contributed by atoms with Crippen molar-refractivity contribution in [1.82, 2.24) is 10.3 Å². The zero-order valence-electron chi connectivity index (χ0n) is 11.2. The van der Waals surface area contributed by atoms with Crippen LogP contribution in [0.25, 0.3) is 0 Å². The van der Waals surface area contributed by atoms with Gasteiger partial charge in [0.2, 0.25) is 5.91 Å². The first-order chi connectivity index (χ1) is 9.63. The third kappa shape index (κ3) is 2.70.